The topological polar surface area (TPSA) is 77.8 Å². The Labute approximate surface area is 81.6 Å². The number of phenolic OH excluding ortho intramolecular Hbond substituents is 1. The van der Waals surface area contributed by atoms with Crippen LogP contribution in [0.15, 0.2) is 12.1 Å². The molecule has 0 saturated carbocycles. The van der Waals surface area contributed by atoms with E-state index in [9.17, 15) is 4.79 Å². The van der Waals surface area contributed by atoms with Crippen LogP contribution in [0, 0.1) is 3.57 Å². The van der Waals surface area contributed by atoms with Crippen LogP contribution in [0.1, 0.15) is 10.4 Å². The van der Waals surface area contributed by atoms with E-state index in [0.29, 0.717) is 3.57 Å². The van der Waals surface area contributed by atoms with Gasteiger partial charge in [-0.3, -0.25) is 0 Å². The minimum Gasteiger partial charge on any atom is -0.504 e. The molecule has 0 aromatic heterocycles. The second-order valence-corrected chi connectivity index (χ2v) is 3.26. The molecule has 0 fully saturated rings. The third-order valence-corrected chi connectivity index (χ3v) is 2.20. The molecule has 0 aliphatic rings. The lowest BCUT2D eigenvalue weighted by Gasteiger charge is -2.02. The van der Waals surface area contributed by atoms with Crippen LogP contribution in [0.3, 0.4) is 0 Å². The molecule has 0 bridgehead atoms. The predicted molar refractivity (Wildman–Crippen MR) is 49.4 cm³/mol. The number of carbonyl (C=O) groups is 1. The van der Waals surface area contributed by atoms with Gasteiger partial charge in [-0.2, -0.15) is 0 Å². The van der Waals surface area contributed by atoms with Crippen LogP contribution in [0.25, 0.3) is 0 Å². The zero-order valence-corrected chi connectivity index (χ0v) is 7.94. The van der Waals surface area contributed by atoms with E-state index in [2.05, 4.69) is 0 Å². The predicted octanol–water partition coefficient (Wildman–Crippen LogP) is 1.40. The largest absolute Gasteiger partial charge is 0.504 e. The molecule has 0 aliphatic heterocycles. The van der Waals surface area contributed by atoms with Crippen LogP contribution in [-0.4, -0.2) is 21.3 Å². The van der Waals surface area contributed by atoms with E-state index in [-0.39, 0.29) is 5.56 Å². The minimum atomic E-state index is -1.26. The van der Waals surface area contributed by atoms with Gasteiger partial charge in [-0.25, -0.2) is 4.79 Å². The number of aromatic hydroxyl groups is 2. The molecule has 0 atom stereocenters. The number of hydrogen-bond donors (Lipinski definition) is 3. The van der Waals surface area contributed by atoms with Crippen molar-refractivity contribution in [2.45, 2.75) is 0 Å². The van der Waals surface area contributed by atoms with Gasteiger partial charge < -0.3 is 15.3 Å². The highest BCUT2D eigenvalue weighted by Crippen LogP contribution is 2.33. The first-order valence-corrected chi connectivity index (χ1v) is 4.05. The van der Waals surface area contributed by atoms with Gasteiger partial charge >= 0.3 is 5.97 Å². The van der Waals surface area contributed by atoms with Crippen LogP contribution in [0.5, 0.6) is 11.5 Å². The van der Waals surface area contributed by atoms with Gasteiger partial charge in [0.25, 0.3) is 0 Å². The monoisotopic (exact) mass is 280 g/mol. The summed E-state index contributed by atoms with van der Waals surface area (Å²) in [6.07, 6.45) is 0. The molecular weight excluding hydrogens is 275 g/mol. The Balaban J connectivity index is 3.36. The number of rotatable bonds is 1. The summed E-state index contributed by atoms with van der Waals surface area (Å²) in [5.41, 5.74) is -0.298. The number of carboxylic acid groups (broad SMARTS) is 1. The lowest BCUT2D eigenvalue weighted by Crippen LogP contribution is -1.96. The number of benzene rings is 1. The van der Waals surface area contributed by atoms with Crippen molar-refractivity contribution in [3.05, 3.63) is 21.3 Å². The standard InChI is InChI=1S/C7H5IO4/c8-4-2-1-3(7(11)12)5(9)6(4)10/h1-2,9-10H,(H,11,12). The van der Waals surface area contributed by atoms with Crippen LogP contribution >= 0.6 is 22.6 Å². The Morgan fingerprint density at radius 2 is 1.83 bits per heavy atom. The summed E-state index contributed by atoms with van der Waals surface area (Å²) < 4.78 is 0.412. The van der Waals surface area contributed by atoms with Gasteiger partial charge in [0.15, 0.2) is 11.5 Å². The van der Waals surface area contributed by atoms with Crippen molar-refractivity contribution in [3.8, 4) is 11.5 Å². The van der Waals surface area contributed by atoms with Crippen molar-refractivity contribution >= 4 is 28.6 Å². The van der Waals surface area contributed by atoms with E-state index >= 15 is 0 Å². The summed E-state index contributed by atoms with van der Waals surface area (Å²) in [4.78, 5) is 10.4. The van der Waals surface area contributed by atoms with Crippen LogP contribution in [0.2, 0.25) is 0 Å². The smallest absolute Gasteiger partial charge is 0.339 e. The molecule has 0 amide bonds. The Morgan fingerprint density at radius 3 is 2.33 bits per heavy atom. The summed E-state index contributed by atoms with van der Waals surface area (Å²) in [6, 6.07) is 2.65. The van der Waals surface area contributed by atoms with Crippen molar-refractivity contribution in [1.82, 2.24) is 0 Å². The molecule has 0 saturated heterocycles. The van der Waals surface area contributed by atoms with E-state index in [1.54, 1.807) is 22.6 Å². The molecule has 1 aromatic carbocycles. The van der Waals surface area contributed by atoms with Crippen molar-refractivity contribution < 1.29 is 20.1 Å². The molecule has 1 aromatic rings. The summed E-state index contributed by atoms with van der Waals surface area (Å²) in [6.45, 7) is 0. The number of hydrogen-bond acceptors (Lipinski definition) is 3. The molecule has 0 heterocycles. The van der Waals surface area contributed by atoms with Crippen molar-refractivity contribution in [3.63, 3.8) is 0 Å². The first-order valence-electron chi connectivity index (χ1n) is 2.97. The van der Waals surface area contributed by atoms with Gasteiger partial charge in [-0.05, 0) is 34.7 Å². The third kappa shape index (κ3) is 1.45. The highest BCUT2D eigenvalue weighted by molar-refractivity contribution is 14.1. The molecular formula is C7H5IO4. The Bertz CT molecular complexity index is 334. The number of phenols is 2. The fourth-order valence-corrected chi connectivity index (χ4v) is 1.16. The molecule has 0 aliphatic carbocycles. The fraction of sp³-hybridized carbons (Fsp3) is 0. The molecule has 4 nitrogen and oxygen atoms in total. The van der Waals surface area contributed by atoms with E-state index in [1.807, 2.05) is 0 Å². The van der Waals surface area contributed by atoms with Gasteiger partial charge in [0.05, 0.1) is 3.57 Å². The molecule has 5 heteroatoms. The van der Waals surface area contributed by atoms with E-state index in [4.69, 9.17) is 15.3 Å². The molecule has 0 radical (unpaired) electrons. The Hall–Kier alpha value is -0.980. The van der Waals surface area contributed by atoms with E-state index in [0.717, 1.165) is 0 Å². The maximum Gasteiger partial charge on any atom is 0.339 e. The van der Waals surface area contributed by atoms with Crippen molar-refractivity contribution in [2.24, 2.45) is 0 Å². The average molecular weight is 280 g/mol. The highest BCUT2D eigenvalue weighted by atomic mass is 127. The first-order chi connectivity index (χ1) is 5.54. The number of carboxylic acids is 1. The third-order valence-electron chi connectivity index (χ3n) is 1.33. The summed E-state index contributed by atoms with van der Waals surface area (Å²) in [5, 5.41) is 26.7. The van der Waals surface area contributed by atoms with Gasteiger partial charge in [-0.1, -0.05) is 0 Å². The lowest BCUT2D eigenvalue weighted by molar-refractivity contribution is 0.0693. The fourth-order valence-electron chi connectivity index (χ4n) is 0.728. The molecule has 64 valence electrons. The quantitative estimate of drug-likeness (QED) is 0.536. The summed E-state index contributed by atoms with van der Waals surface area (Å²) in [7, 11) is 0. The Morgan fingerprint density at radius 1 is 1.25 bits per heavy atom. The van der Waals surface area contributed by atoms with Gasteiger partial charge in [0, 0.05) is 0 Å². The van der Waals surface area contributed by atoms with E-state index in [1.165, 1.54) is 12.1 Å². The van der Waals surface area contributed by atoms with Gasteiger partial charge in [0.1, 0.15) is 5.56 Å². The number of halogens is 1. The SMILES string of the molecule is O=C(O)c1ccc(I)c(O)c1O. The summed E-state index contributed by atoms with van der Waals surface area (Å²) in [5.74, 6) is -2.25. The zero-order chi connectivity index (χ0) is 9.30. The average Bonchev–Trinajstić information content (AvgIpc) is 2.00. The normalized spacial score (nSPS) is 9.75. The summed E-state index contributed by atoms with van der Waals surface area (Å²) >= 11 is 1.79. The minimum absolute atomic E-state index is 0.298. The Kier molecular flexibility index (Phi) is 2.41. The van der Waals surface area contributed by atoms with Gasteiger partial charge in [0.2, 0.25) is 0 Å². The highest BCUT2D eigenvalue weighted by Gasteiger charge is 2.14. The molecule has 0 spiro atoms. The number of aromatic carboxylic acids is 1. The van der Waals surface area contributed by atoms with E-state index < -0.39 is 17.5 Å². The maximum absolute atomic E-state index is 10.4. The molecule has 0 unspecified atom stereocenters. The lowest BCUT2D eigenvalue weighted by atomic mass is 10.2. The second-order valence-electron chi connectivity index (χ2n) is 2.10. The van der Waals surface area contributed by atoms with Crippen molar-refractivity contribution in [1.29, 1.82) is 0 Å². The maximum atomic E-state index is 10.4. The van der Waals surface area contributed by atoms with Crippen LogP contribution < -0.4 is 0 Å². The molecule has 1 rings (SSSR count). The zero-order valence-electron chi connectivity index (χ0n) is 5.78. The van der Waals surface area contributed by atoms with Crippen molar-refractivity contribution in [2.75, 3.05) is 0 Å². The first kappa shape index (κ1) is 9.11. The molecule has 3 N–H and O–H groups in total. The van der Waals surface area contributed by atoms with Gasteiger partial charge in [-0.15, -0.1) is 0 Å². The second kappa shape index (κ2) is 3.18. The molecule has 12 heavy (non-hydrogen) atoms. The van der Waals surface area contributed by atoms with Crippen LogP contribution in [0.4, 0.5) is 0 Å². The van der Waals surface area contributed by atoms with Crippen LogP contribution in [-0.2, 0) is 0 Å².